The highest BCUT2D eigenvalue weighted by atomic mass is 16.5. The predicted molar refractivity (Wildman–Crippen MR) is 87.1 cm³/mol. The SMILES string of the molecule is O[C@@H]1CCCN(C[C@H](O)COc2ccc3ccccc3c2)C1. The van der Waals surface area contributed by atoms with Gasteiger partial charge in [0.15, 0.2) is 0 Å². The van der Waals surface area contributed by atoms with Gasteiger partial charge in [0.2, 0.25) is 0 Å². The van der Waals surface area contributed by atoms with Crippen molar-refractivity contribution in [2.45, 2.75) is 25.0 Å². The molecule has 1 aliphatic heterocycles. The van der Waals surface area contributed by atoms with Crippen LogP contribution in [0.15, 0.2) is 42.5 Å². The van der Waals surface area contributed by atoms with Crippen molar-refractivity contribution in [3.63, 3.8) is 0 Å². The third-order valence-corrected chi connectivity index (χ3v) is 4.11. The summed E-state index contributed by atoms with van der Waals surface area (Å²) in [5.74, 6) is 0.774. The minimum absolute atomic E-state index is 0.262. The fraction of sp³-hybridized carbons (Fsp3) is 0.444. The van der Waals surface area contributed by atoms with Crippen molar-refractivity contribution in [1.82, 2.24) is 4.90 Å². The summed E-state index contributed by atoms with van der Waals surface area (Å²) in [4.78, 5) is 2.10. The van der Waals surface area contributed by atoms with Crippen molar-refractivity contribution in [3.05, 3.63) is 42.5 Å². The summed E-state index contributed by atoms with van der Waals surface area (Å²) < 4.78 is 5.71. The second-order valence-corrected chi connectivity index (χ2v) is 6.03. The molecule has 0 saturated carbocycles. The van der Waals surface area contributed by atoms with E-state index in [-0.39, 0.29) is 12.7 Å². The number of fused-ring (bicyclic) bond motifs is 1. The van der Waals surface area contributed by atoms with E-state index in [0.29, 0.717) is 13.1 Å². The molecule has 0 aromatic heterocycles. The molecule has 0 amide bonds. The maximum atomic E-state index is 10.1. The molecule has 2 N–H and O–H groups in total. The Hall–Kier alpha value is -1.62. The first-order chi connectivity index (χ1) is 10.7. The zero-order chi connectivity index (χ0) is 15.4. The van der Waals surface area contributed by atoms with Gasteiger partial charge in [-0.05, 0) is 42.3 Å². The number of hydrogen-bond acceptors (Lipinski definition) is 4. The van der Waals surface area contributed by atoms with Crippen LogP contribution < -0.4 is 4.74 Å². The van der Waals surface area contributed by atoms with Crippen LogP contribution in [0.2, 0.25) is 0 Å². The zero-order valence-corrected chi connectivity index (χ0v) is 12.7. The Morgan fingerprint density at radius 3 is 2.82 bits per heavy atom. The summed E-state index contributed by atoms with van der Waals surface area (Å²) >= 11 is 0. The van der Waals surface area contributed by atoms with Crippen LogP contribution >= 0.6 is 0 Å². The van der Waals surface area contributed by atoms with E-state index in [0.717, 1.165) is 30.5 Å². The second kappa shape index (κ2) is 7.09. The molecule has 4 heteroatoms. The predicted octanol–water partition coefficient (Wildman–Crippen LogP) is 2.04. The average molecular weight is 301 g/mol. The lowest BCUT2D eigenvalue weighted by Crippen LogP contribution is -2.43. The molecule has 3 rings (SSSR count). The molecule has 1 saturated heterocycles. The summed E-state index contributed by atoms with van der Waals surface area (Å²) in [6, 6.07) is 14.1. The van der Waals surface area contributed by atoms with Crippen molar-refractivity contribution < 1.29 is 14.9 Å². The maximum Gasteiger partial charge on any atom is 0.120 e. The Morgan fingerprint density at radius 2 is 2.00 bits per heavy atom. The van der Waals surface area contributed by atoms with Gasteiger partial charge in [-0.15, -0.1) is 0 Å². The highest BCUT2D eigenvalue weighted by molar-refractivity contribution is 5.83. The largest absolute Gasteiger partial charge is 0.491 e. The molecule has 4 nitrogen and oxygen atoms in total. The lowest BCUT2D eigenvalue weighted by molar-refractivity contribution is 0.0243. The number of hydrogen-bond donors (Lipinski definition) is 2. The summed E-state index contributed by atoms with van der Waals surface area (Å²) in [6.07, 6.45) is 1.04. The van der Waals surface area contributed by atoms with Crippen LogP contribution in [0.3, 0.4) is 0 Å². The quantitative estimate of drug-likeness (QED) is 0.887. The number of piperidine rings is 1. The minimum atomic E-state index is -0.545. The number of rotatable bonds is 5. The lowest BCUT2D eigenvalue weighted by Gasteiger charge is -2.31. The number of likely N-dealkylation sites (tertiary alicyclic amines) is 1. The molecule has 2 aromatic carbocycles. The molecular weight excluding hydrogens is 278 g/mol. The molecule has 0 aliphatic carbocycles. The van der Waals surface area contributed by atoms with Gasteiger partial charge in [-0.1, -0.05) is 30.3 Å². The van der Waals surface area contributed by atoms with Crippen LogP contribution in [0.4, 0.5) is 0 Å². The van der Waals surface area contributed by atoms with Gasteiger partial charge in [-0.2, -0.15) is 0 Å². The van der Waals surface area contributed by atoms with Crippen molar-refractivity contribution in [2.24, 2.45) is 0 Å². The van der Waals surface area contributed by atoms with Gasteiger partial charge in [0.1, 0.15) is 18.5 Å². The van der Waals surface area contributed by atoms with E-state index in [4.69, 9.17) is 4.74 Å². The van der Waals surface area contributed by atoms with Crippen LogP contribution in [0.1, 0.15) is 12.8 Å². The number of β-amino-alcohol motifs (C(OH)–C–C–N with tert-alkyl or cyclic N) is 2. The van der Waals surface area contributed by atoms with E-state index in [1.165, 1.54) is 5.39 Å². The van der Waals surface area contributed by atoms with Gasteiger partial charge in [0, 0.05) is 13.1 Å². The molecule has 1 aliphatic rings. The highest BCUT2D eigenvalue weighted by Crippen LogP contribution is 2.20. The fourth-order valence-corrected chi connectivity index (χ4v) is 3.00. The van der Waals surface area contributed by atoms with Gasteiger partial charge < -0.3 is 14.9 Å². The second-order valence-electron chi connectivity index (χ2n) is 6.03. The topological polar surface area (TPSA) is 52.9 Å². The summed E-state index contributed by atoms with van der Waals surface area (Å²) in [5.41, 5.74) is 0. The van der Waals surface area contributed by atoms with E-state index < -0.39 is 6.10 Å². The zero-order valence-electron chi connectivity index (χ0n) is 12.7. The van der Waals surface area contributed by atoms with Crippen molar-refractivity contribution in [1.29, 1.82) is 0 Å². The van der Waals surface area contributed by atoms with E-state index >= 15 is 0 Å². The third-order valence-electron chi connectivity index (χ3n) is 4.11. The number of nitrogens with zero attached hydrogens (tertiary/aromatic N) is 1. The van der Waals surface area contributed by atoms with Crippen molar-refractivity contribution >= 4 is 10.8 Å². The molecule has 0 bridgehead atoms. The van der Waals surface area contributed by atoms with Gasteiger partial charge in [-0.25, -0.2) is 0 Å². The van der Waals surface area contributed by atoms with Gasteiger partial charge >= 0.3 is 0 Å². The Balaban J connectivity index is 1.52. The number of benzene rings is 2. The van der Waals surface area contributed by atoms with E-state index in [1.54, 1.807) is 0 Å². The van der Waals surface area contributed by atoms with E-state index in [2.05, 4.69) is 11.0 Å². The summed E-state index contributed by atoms with van der Waals surface area (Å²) in [6.45, 7) is 2.40. The molecule has 118 valence electrons. The Labute approximate surface area is 130 Å². The number of aliphatic hydroxyl groups is 2. The molecule has 0 spiro atoms. The van der Waals surface area contributed by atoms with Crippen LogP contribution in [0, 0.1) is 0 Å². The Morgan fingerprint density at radius 1 is 1.18 bits per heavy atom. The van der Waals surface area contributed by atoms with Crippen LogP contribution in [0.5, 0.6) is 5.75 Å². The Bertz CT molecular complexity index is 616. The minimum Gasteiger partial charge on any atom is -0.491 e. The maximum absolute atomic E-state index is 10.1. The van der Waals surface area contributed by atoms with Crippen molar-refractivity contribution in [2.75, 3.05) is 26.2 Å². The molecule has 0 radical (unpaired) electrons. The van der Waals surface area contributed by atoms with E-state index in [9.17, 15) is 10.2 Å². The van der Waals surface area contributed by atoms with Crippen molar-refractivity contribution in [3.8, 4) is 5.75 Å². The molecule has 2 atom stereocenters. The normalized spacial score (nSPS) is 20.9. The molecule has 22 heavy (non-hydrogen) atoms. The monoisotopic (exact) mass is 301 g/mol. The highest BCUT2D eigenvalue weighted by Gasteiger charge is 2.20. The van der Waals surface area contributed by atoms with Gasteiger partial charge in [0.25, 0.3) is 0 Å². The molecular formula is C18H23NO3. The van der Waals surface area contributed by atoms with Gasteiger partial charge in [-0.3, -0.25) is 4.90 Å². The average Bonchev–Trinajstić information content (AvgIpc) is 2.53. The molecule has 1 fully saturated rings. The number of aliphatic hydroxyl groups excluding tert-OH is 2. The first kappa shape index (κ1) is 15.3. The molecule has 0 unspecified atom stereocenters. The standard InChI is InChI=1S/C18H23NO3/c20-16-6-3-9-19(11-16)12-17(21)13-22-18-8-7-14-4-1-2-5-15(14)10-18/h1-2,4-5,7-8,10,16-17,20-21H,3,6,9,11-13H2/t16-,17+/m1/s1. The number of ether oxygens (including phenoxy) is 1. The summed E-state index contributed by atoms with van der Waals surface area (Å²) in [5, 5.41) is 22.1. The summed E-state index contributed by atoms with van der Waals surface area (Å²) in [7, 11) is 0. The first-order valence-electron chi connectivity index (χ1n) is 7.91. The van der Waals surface area contributed by atoms with Crippen LogP contribution in [0.25, 0.3) is 10.8 Å². The first-order valence-corrected chi connectivity index (χ1v) is 7.91. The van der Waals surface area contributed by atoms with E-state index in [1.807, 2.05) is 36.4 Å². The molecule has 1 heterocycles. The molecule has 2 aromatic rings. The van der Waals surface area contributed by atoms with Gasteiger partial charge in [0.05, 0.1) is 6.10 Å². The smallest absolute Gasteiger partial charge is 0.120 e. The lowest BCUT2D eigenvalue weighted by atomic mass is 10.1. The third kappa shape index (κ3) is 3.97. The van der Waals surface area contributed by atoms with Crippen LogP contribution in [-0.4, -0.2) is 53.6 Å². The fourth-order valence-electron chi connectivity index (χ4n) is 3.00. The van der Waals surface area contributed by atoms with Crippen LogP contribution in [-0.2, 0) is 0 Å². The Kier molecular flexibility index (Phi) is 4.93.